The maximum absolute atomic E-state index is 11.7. The van der Waals surface area contributed by atoms with Crippen molar-refractivity contribution in [2.45, 2.75) is 19.4 Å². The summed E-state index contributed by atoms with van der Waals surface area (Å²) in [5.41, 5.74) is 3.87. The molecule has 1 aromatic carbocycles. The van der Waals surface area contributed by atoms with E-state index in [-0.39, 0.29) is 11.9 Å². The predicted octanol–water partition coefficient (Wildman–Crippen LogP) is 1.32. The van der Waals surface area contributed by atoms with Crippen molar-refractivity contribution in [3.8, 4) is 5.75 Å². The molecule has 0 bridgehead atoms. The Morgan fingerprint density at radius 2 is 2.20 bits per heavy atom. The van der Waals surface area contributed by atoms with Gasteiger partial charge in [0.15, 0.2) is 0 Å². The lowest BCUT2D eigenvalue weighted by Crippen LogP contribution is -2.36. The minimum absolute atomic E-state index is 0.0759. The first kappa shape index (κ1) is 9.98. The standard InChI is InChI=1S/C11H14N2O2/c1-8-7-11(14)13(12-8)9-5-3-4-6-10(9)15-2/h3-6,8,12H,7H2,1-2H3. The summed E-state index contributed by atoms with van der Waals surface area (Å²) >= 11 is 0. The number of para-hydroxylation sites is 2. The van der Waals surface area contributed by atoms with Gasteiger partial charge in [-0.05, 0) is 19.1 Å². The summed E-state index contributed by atoms with van der Waals surface area (Å²) in [6, 6.07) is 7.65. The van der Waals surface area contributed by atoms with Crippen LogP contribution in [-0.2, 0) is 4.79 Å². The summed E-state index contributed by atoms with van der Waals surface area (Å²) in [5.74, 6) is 0.777. The van der Waals surface area contributed by atoms with Crippen LogP contribution in [0.3, 0.4) is 0 Å². The van der Waals surface area contributed by atoms with E-state index in [1.807, 2.05) is 31.2 Å². The van der Waals surface area contributed by atoms with E-state index in [0.29, 0.717) is 12.2 Å². The molecule has 1 aliphatic rings. The number of amides is 1. The minimum Gasteiger partial charge on any atom is -0.495 e. The van der Waals surface area contributed by atoms with Crippen molar-refractivity contribution in [1.82, 2.24) is 5.43 Å². The highest BCUT2D eigenvalue weighted by Crippen LogP contribution is 2.29. The number of benzene rings is 1. The van der Waals surface area contributed by atoms with Crippen LogP contribution in [0.1, 0.15) is 13.3 Å². The molecule has 2 rings (SSSR count). The van der Waals surface area contributed by atoms with Crippen molar-refractivity contribution >= 4 is 11.6 Å². The van der Waals surface area contributed by atoms with E-state index in [9.17, 15) is 4.79 Å². The van der Waals surface area contributed by atoms with Crippen LogP contribution < -0.4 is 15.2 Å². The highest BCUT2D eigenvalue weighted by Gasteiger charge is 2.28. The van der Waals surface area contributed by atoms with E-state index >= 15 is 0 Å². The van der Waals surface area contributed by atoms with Gasteiger partial charge in [-0.1, -0.05) is 12.1 Å². The smallest absolute Gasteiger partial charge is 0.243 e. The third kappa shape index (κ3) is 1.80. The molecule has 1 atom stereocenters. The van der Waals surface area contributed by atoms with E-state index in [0.717, 1.165) is 5.69 Å². The van der Waals surface area contributed by atoms with Gasteiger partial charge in [0, 0.05) is 12.5 Å². The van der Waals surface area contributed by atoms with Gasteiger partial charge in [0.1, 0.15) is 11.4 Å². The molecule has 1 aliphatic heterocycles. The van der Waals surface area contributed by atoms with E-state index < -0.39 is 0 Å². The number of nitrogens with one attached hydrogen (secondary N) is 1. The molecular weight excluding hydrogens is 192 g/mol. The lowest BCUT2D eigenvalue weighted by Gasteiger charge is -2.19. The third-order valence-corrected chi connectivity index (χ3v) is 2.41. The highest BCUT2D eigenvalue weighted by atomic mass is 16.5. The summed E-state index contributed by atoms with van der Waals surface area (Å²) in [6.45, 7) is 1.98. The molecule has 1 fully saturated rings. The Morgan fingerprint density at radius 3 is 2.80 bits per heavy atom. The van der Waals surface area contributed by atoms with Gasteiger partial charge in [-0.15, -0.1) is 0 Å². The molecule has 1 aromatic rings. The molecule has 0 aromatic heterocycles. The first-order valence-electron chi connectivity index (χ1n) is 4.94. The predicted molar refractivity (Wildman–Crippen MR) is 57.7 cm³/mol. The van der Waals surface area contributed by atoms with Crippen LogP contribution in [0.2, 0.25) is 0 Å². The summed E-state index contributed by atoms with van der Waals surface area (Å²) in [5, 5.41) is 1.56. The first-order chi connectivity index (χ1) is 7.22. The van der Waals surface area contributed by atoms with Gasteiger partial charge in [0.05, 0.1) is 7.11 Å². The van der Waals surface area contributed by atoms with Crippen molar-refractivity contribution in [1.29, 1.82) is 0 Å². The van der Waals surface area contributed by atoms with Gasteiger partial charge < -0.3 is 4.74 Å². The molecule has 1 unspecified atom stereocenters. The molecule has 0 radical (unpaired) electrons. The first-order valence-corrected chi connectivity index (χ1v) is 4.94. The van der Waals surface area contributed by atoms with Gasteiger partial charge in [0.2, 0.25) is 5.91 Å². The number of anilines is 1. The van der Waals surface area contributed by atoms with Gasteiger partial charge in [-0.2, -0.15) is 0 Å². The number of carbonyl (C=O) groups is 1. The molecule has 15 heavy (non-hydrogen) atoms. The molecule has 80 valence electrons. The number of rotatable bonds is 2. The maximum Gasteiger partial charge on any atom is 0.243 e. The van der Waals surface area contributed by atoms with E-state index in [4.69, 9.17) is 4.74 Å². The van der Waals surface area contributed by atoms with Crippen LogP contribution in [-0.4, -0.2) is 19.1 Å². The number of carbonyl (C=O) groups excluding carboxylic acids is 1. The largest absolute Gasteiger partial charge is 0.495 e. The molecule has 1 amide bonds. The van der Waals surface area contributed by atoms with Crippen LogP contribution in [0, 0.1) is 0 Å². The summed E-state index contributed by atoms with van der Waals surface area (Å²) in [7, 11) is 1.60. The molecule has 0 spiro atoms. The Bertz CT molecular complexity index is 379. The third-order valence-electron chi connectivity index (χ3n) is 2.41. The lowest BCUT2D eigenvalue weighted by atomic mass is 10.2. The second-order valence-corrected chi connectivity index (χ2v) is 3.64. The molecule has 4 heteroatoms. The summed E-state index contributed by atoms with van der Waals surface area (Å²) in [4.78, 5) is 11.7. The van der Waals surface area contributed by atoms with Crippen molar-refractivity contribution in [2.24, 2.45) is 0 Å². The van der Waals surface area contributed by atoms with Gasteiger partial charge in [-0.25, -0.2) is 10.4 Å². The van der Waals surface area contributed by atoms with Crippen LogP contribution in [0.25, 0.3) is 0 Å². The normalized spacial score (nSPS) is 20.8. The van der Waals surface area contributed by atoms with Crippen molar-refractivity contribution in [3.63, 3.8) is 0 Å². The van der Waals surface area contributed by atoms with Crippen molar-refractivity contribution in [3.05, 3.63) is 24.3 Å². The fourth-order valence-electron chi connectivity index (χ4n) is 1.71. The zero-order chi connectivity index (χ0) is 10.8. The van der Waals surface area contributed by atoms with Crippen LogP contribution in [0.15, 0.2) is 24.3 Å². The quantitative estimate of drug-likeness (QED) is 0.793. The van der Waals surface area contributed by atoms with Crippen LogP contribution in [0.5, 0.6) is 5.75 Å². The molecular formula is C11H14N2O2. The van der Waals surface area contributed by atoms with Crippen LogP contribution >= 0.6 is 0 Å². The molecule has 4 nitrogen and oxygen atoms in total. The second kappa shape index (κ2) is 3.90. The fraction of sp³-hybridized carbons (Fsp3) is 0.364. The summed E-state index contributed by atoms with van der Waals surface area (Å²) < 4.78 is 5.21. The monoisotopic (exact) mass is 206 g/mol. The highest BCUT2D eigenvalue weighted by molar-refractivity contribution is 5.96. The molecule has 0 saturated carbocycles. The molecule has 1 saturated heterocycles. The summed E-state index contributed by atoms with van der Waals surface area (Å²) in [6.07, 6.45) is 0.526. The number of hydrogen-bond donors (Lipinski definition) is 1. The Labute approximate surface area is 88.8 Å². The molecule has 1 N–H and O–H groups in total. The van der Waals surface area contributed by atoms with Gasteiger partial charge >= 0.3 is 0 Å². The zero-order valence-electron chi connectivity index (χ0n) is 8.86. The number of ether oxygens (including phenoxy) is 1. The molecule has 0 aliphatic carbocycles. The molecule has 1 heterocycles. The number of hydrazine groups is 1. The van der Waals surface area contributed by atoms with E-state index in [2.05, 4.69) is 5.43 Å². The Kier molecular flexibility index (Phi) is 2.60. The van der Waals surface area contributed by atoms with Crippen molar-refractivity contribution in [2.75, 3.05) is 12.1 Å². The number of nitrogens with zero attached hydrogens (tertiary/aromatic N) is 1. The topological polar surface area (TPSA) is 41.6 Å². The van der Waals surface area contributed by atoms with Crippen LogP contribution in [0.4, 0.5) is 5.69 Å². The average molecular weight is 206 g/mol. The number of hydrogen-bond acceptors (Lipinski definition) is 3. The minimum atomic E-state index is 0.0759. The van der Waals surface area contributed by atoms with Crippen molar-refractivity contribution < 1.29 is 9.53 Å². The van der Waals surface area contributed by atoms with Gasteiger partial charge in [0.25, 0.3) is 0 Å². The van der Waals surface area contributed by atoms with E-state index in [1.54, 1.807) is 12.1 Å². The second-order valence-electron chi connectivity index (χ2n) is 3.64. The number of methoxy groups -OCH3 is 1. The lowest BCUT2D eigenvalue weighted by molar-refractivity contribution is -0.117. The Hall–Kier alpha value is -1.55. The Morgan fingerprint density at radius 1 is 1.47 bits per heavy atom. The Balaban J connectivity index is 2.33. The maximum atomic E-state index is 11.7. The van der Waals surface area contributed by atoms with E-state index in [1.165, 1.54) is 0 Å². The SMILES string of the molecule is COc1ccccc1N1NC(C)CC1=O. The zero-order valence-corrected chi connectivity index (χ0v) is 8.86. The van der Waals surface area contributed by atoms with Gasteiger partial charge in [-0.3, -0.25) is 4.79 Å². The average Bonchev–Trinajstić information content (AvgIpc) is 2.57. The fourth-order valence-corrected chi connectivity index (χ4v) is 1.71.